The summed E-state index contributed by atoms with van der Waals surface area (Å²) < 4.78 is 34.3. The maximum atomic E-state index is 12.5. The molecule has 1 heterocycles. The van der Waals surface area contributed by atoms with E-state index in [2.05, 4.69) is 9.82 Å². The highest BCUT2D eigenvalue weighted by molar-refractivity contribution is 7.89. The zero-order chi connectivity index (χ0) is 15.5. The van der Waals surface area contributed by atoms with Crippen LogP contribution in [0.3, 0.4) is 0 Å². The van der Waals surface area contributed by atoms with Gasteiger partial charge >= 0.3 is 0 Å². The smallest absolute Gasteiger partial charge is 0.244 e. The second-order valence-electron chi connectivity index (χ2n) is 5.09. The Morgan fingerprint density at radius 1 is 1.33 bits per heavy atom. The van der Waals surface area contributed by atoms with Crippen LogP contribution in [0.2, 0.25) is 0 Å². The highest BCUT2D eigenvalue weighted by Crippen LogP contribution is 2.23. The lowest BCUT2D eigenvalue weighted by Crippen LogP contribution is -2.46. The van der Waals surface area contributed by atoms with Crippen molar-refractivity contribution in [3.05, 3.63) is 48.3 Å². The minimum atomic E-state index is -3.68. The van der Waals surface area contributed by atoms with Gasteiger partial charge in [0.05, 0.1) is 18.3 Å². The van der Waals surface area contributed by atoms with Crippen LogP contribution in [0.4, 0.5) is 0 Å². The number of sulfonamides is 1. The van der Waals surface area contributed by atoms with Gasteiger partial charge in [0.2, 0.25) is 10.0 Å². The zero-order valence-electron chi connectivity index (χ0n) is 12.3. The summed E-state index contributed by atoms with van der Waals surface area (Å²) in [5, 5.41) is 3.90. The molecule has 0 amide bonds. The Labute approximate surface area is 124 Å². The van der Waals surface area contributed by atoms with E-state index in [9.17, 15) is 8.42 Å². The Bertz CT molecular complexity index is 697. The average Bonchev–Trinajstić information content (AvgIpc) is 2.87. The van der Waals surface area contributed by atoms with E-state index >= 15 is 0 Å². The van der Waals surface area contributed by atoms with Gasteiger partial charge in [-0.2, -0.15) is 9.82 Å². The predicted molar refractivity (Wildman–Crippen MR) is 79.2 cm³/mol. The number of rotatable bonds is 6. The topological polar surface area (TPSA) is 73.2 Å². The van der Waals surface area contributed by atoms with Crippen molar-refractivity contribution in [2.24, 2.45) is 7.05 Å². The van der Waals surface area contributed by atoms with Crippen molar-refractivity contribution in [1.82, 2.24) is 14.5 Å². The average molecular weight is 309 g/mol. The van der Waals surface area contributed by atoms with Gasteiger partial charge in [-0.3, -0.25) is 4.68 Å². The molecular formula is C14H19N3O3S. The van der Waals surface area contributed by atoms with E-state index in [1.165, 1.54) is 17.1 Å². The first-order valence-corrected chi connectivity index (χ1v) is 7.93. The summed E-state index contributed by atoms with van der Waals surface area (Å²) >= 11 is 0. The minimum absolute atomic E-state index is 0.128. The van der Waals surface area contributed by atoms with Crippen LogP contribution in [-0.2, 0) is 27.3 Å². The van der Waals surface area contributed by atoms with E-state index < -0.39 is 15.6 Å². The highest BCUT2D eigenvalue weighted by Gasteiger charge is 2.33. The van der Waals surface area contributed by atoms with E-state index in [1.807, 2.05) is 30.3 Å². The predicted octanol–water partition coefficient (Wildman–Crippen LogP) is 1.26. The third-order valence-electron chi connectivity index (χ3n) is 3.20. The molecule has 114 valence electrons. The SMILES string of the molecule is COC[C@](C)(NS(=O)(=O)c1cnn(C)c1)c1ccccc1. The van der Waals surface area contributed by atoms with Gasteiger partial charge in [0.25, 0.3) is 0 Å². The van der Waals surface area contributed by atoms with Crippen LogP contribution in [0, 0.1) is 0 Å². The zero-order valence-corrected chi connectivity index (χ0v) is 13.1. The molecule has 2 rings (SSSR count). The number of methoxy groups -OCH3 is 1. The van der Waals surface area contributed by atoms with E-state index in [0.717, 1.165) is 5.56 Å². The standard InChI is InChI=1S/C14H19N3O3S/c1-14(11-20-3,12-7-5-4-6-8-12)16-21(18,19)13-9-15-17(2)10-13/h4-10,16H,11H2,1-3H3/t14-/m0/s1. The summed E-state index contributed by atoms with van der Waals surface area (Å²) in [5.41, 5.74) is -0.0238. The molecule has 0 aliphatic carbocycles. The van der Waals surface area contributed by atoms with Crippen LogP contribution < -0.4 is 4.72 Å². The number of hydrogen-bond acceptors (Lipinski definition) is 4. The molecule has 0 saturated heterocycles. The number of aromatic nitrogens is 2. The van der Waals surface area contributed by atoms with Gasteiger partial charge in [0.15, 0.2) is 0 Å². The van der Waals surface area contributed by atoms with Crippen molar-refractivity contribution in [3.63, 3.8) is 0 Å². The van der Waals surface area contributed by atoms with Crippen LogP contribution in [0.5, 0.6) is 0 Å². The van der Waals surface area contributed by atoms with Gasteiger partial charge < -0.3 is 4.74 Å². The number of benzene rings is 1. The van der Waals surface area contributed by atoms with Gasteiger partial charge in [-0.15, -0.1) is 0 Å². The second kappa shape index (κ2) is 5.97. The monoisotopic (exact) mass is 309 g/mol. The summed E-state index contributed by atoms with van der Waals surface area (Å²) in [6, 6.07) is 9.34. The number of ether oxygens (including phenoxy) is 1. The molecule has 0 radical (unpaired) electrons. The molecule has 6 nitrogen and oxygen atoms in total. The van der Waals surface area contributed by atoms with Crippen LogP contribution in [0.25, 0.3) is 0 Å². The van der Waals surface area contributed by atoms with E-state index in [4.69, 9.17) is 4.74 Å². The minimum Gasteiger partial charge on any atom is -0.382 e. The molecule has 0 saturated carbocycles. The second-order valence-corrected chi connectivity index (χ2v) is 6.77. The first-order chi connectivity index (χ1) is 9.87. The Morgan fingerprint density at radius 3 is 2.52 bits per heavy atom. The van der Waals surface area contributed by atoms with Crippen molar-refractivity contribution in [2.75, 3.05) is 13.7 Å². The van der Waals surface area contributed by atoms with Crippen molar-refractivity contribution >= 4 is 10.0 Å². The van der Waals surface area contributed by atoms with Gasteiger partial charge in [-0.25, -0.2) is 8.42 Å². The van der Waals surface area contributed by atoms with E-state index in [1.54, 1.807) is 21.1 Å². The molecule has 0 unspecified atom stereocenters. The largest absolute Gasteiger partial charge is 0.382 e. The van der Waals surface area contributed by atoms with Gasteiger partial charge in [-0.1, -0.05) is 30.3 Å². The third-order valence-corrected chi connectivity index (χ3v) is 4.75. The first kappa shape index (κ1) is 15.7. The molecule has 7 heteroatoms. The summed E-state index contributed by atoms with van der Waals surface area (Å²) in [4.78, 5) is 0.128. The summed E-state index contributed by atoms with van der Waals surface area (Å²) in [6.07, 6.45) is 2.78. The van der Waals surface area contributed by atoms with Crippen molar-refractivity contribution in [2.45, 2.75) is 17.4 Å². The number of nitrogens with zero attached hydrogens (tertiary/aromatic N) is 2. The third kappa shape index (κ3) is 3.49. The van der Waals surface area contributed by atoms with Crippen LogP contribution in [0.15, 0.2) is 47.6 Å². The Kier molecular flexibility index (Phi) is 4.46. The maximum Gasteiger partial charge on any atom is 0.244 e. The molecular weight excluding hydrogens is 290 g/mol. The molecule has 1 N–H and O–H groups in total. The molecule has 0 spiro atoms. The van der Waals surface area contributed by atoms with Crippen LogP contribution in [-0.4, -0.2) is 31.9 Å². The molecule has 2 aromatic rings. The summed E-state index contributed by atoms with van der Waals surface area (Å²) in [7, 11) is -0.468. The maximum absolute atomic E-state index is 12.5. The van der Waals surface area contributed by atoms with E-state index in [0.29, 0.717) is 0 Å². The Hall–Kier alpha value is -1.70. The molecule has 21 heavy (non-hydrogen) atoms. The highest BCUT2D eigenvalue weighted by atomic mass is 32.2. The molecule has 0 bridgehead atoms. The molecule has 0 aliphatic rings. The number of nitrogens with one attached hydrogen (secondary N) is 1. The number of hydrogen-bond donors (Lipinski definition) is 1. The fourth-order valence-electron chi connectivity index (χ4n) is 2.16. The van der Waals surface area contributed by atoms with E-state index in [-0.39, 0.29) is 11.5 Å². The lowest BCUT2D eigenvalue weighted by atomic mass is 9.94. The first-order valence-electron chi connectivity index (χ1n) is 6.44. The van der Waals surface area contributed by atoms with Crippen molar-refractivity contribution in [3.8, 4) is 0 Å². The number of aryl methyl sites for hydroxylation is 1. The van der Waals surface area contributed by atoms with Crippen LogP contribution in [0.1, 0.15) is 12.5 Å². The molecule has 0 fully saturated rings. The Morgan fingerprint density at radius 2 is 2.00 bits per heavy atom. The lowest BCUT2D eigenvalue weighted by Gasteiger charge is -2.30. The lowest BCUT2D eigenvalue weighted by molar-refractivity contribution is 0.132. The van der Waals surface area contributed by atoms with Crippen molar-refractivity contribution in [1.29, 1.82) is 0 Å². The fraction of sp³-hybridized carbons (Fsp3) is 0.357. The molecule has 1 aromatic carbocycles. The fourth-order valence-corrected chi connectivity index (χ4v) is 3.52. The molecule has 1 aromatic heterocycles. The normalized spacial score (nSPS) is 14.8. The van der Waals surface area contributed by atoms with Gasteiger partial charge in [0, 0.05) is 20.4 Å². The molecule has 0 aliphatic heterocycles. The quantitative estimate of drug-likeness (QED) is 0.872. The van der Waals surface area contributed by atoms with Crippen LogP contribution >= 0.6 is 0 Å². The Balaban J connectivity index is 2.36. The summed E-state index contributed by atoms with van der Waals surface area (Å²) in [6.45, 7) is 2.01. The summed E-state index contributed by atoms with van der Waals surface area (Å²) in [5.74, 6) is 0. The van der Waals surface area contributed by atoms with Crippen molar-refractivity contribution < 1.29 is 13.2 Å². The molecule has 1 atom stereocenters. The van der Waals surface area contributed by atoms with Gasteiger partial charge in [0.1, 0.15) is 4.90 Å². The van der Waals surface area contributed by atoms with Gasteiger partial charge in [-0.05, 0) is 12.5 Å².